The summed E-state index contributed by atoms with van der Waals surface area (Å²) >= 11 is 0. The number of likely N-dealkylation sites (N-methyl/N-ethyl adjacent to an activating group) is 1. The average molecular weight is 408 g/mol. The van der Waals surface area contributed by atoms with E-state index in [-0.39, 0.29) is 5.69 Å². The molecular formula is C25H33N3O2. The summed E-state index contributed by atoms with van der Waals surface area (Å²) < 4.78 is 9.72. The van der Waals surface area contributed by atoms with Crippen molar-refractivity contribution in [1.29, 1.82) is 0 Å². The maximum Gasteiger partial charge on any atom is 0.329 e. The molecule has 1 aromatic heterocycles. The fourth-order valence-electron chi connectivity index (χ4n) is 4.50. The minimum absolute atomic E-state index is 0.124. The van der Waals surface area contributed by atoms with Crippen molar-refractivity contribution < 1.29 is 4.74 Å². The second-order valence-corrected chi connectivity index (χ2v) is 8.28. The van der Waals surface area contributed by atoms with Crippen LogP contribution in [0.3, 0.4) is 0 Å². The van der Waals surface area contributed by atoms with E-state index in [2.05, 4.69) is 53.8 Å². The molecule has 0 fully saturated rings. The third-order valence-electron chi connectivity index (χ3n) is 6.17. The first-order valence-electron chi connectivity index (χ1n) is 11.3. The topological polar surface area (TPSA) is 48.2 Å². The number of unbranched alkanes of at least 4 members (excludes halogenated alkanes) is 2. The quantitative estimate of drug-likeness (QED) is 0.492. The van der Waals surface area contributed by atoms with Gasteiger partial charge < -0.3 is 10.1 Å². The molecule has 3 aromatic rings. The van der Waals surface area contributed by atoms with Crippen LogP contribution in [-0.4, -0.2) is 35.4 Å². The fraction of sp³-hybridized carbons (Fsp3) is 0.480. The summed E-state index contributed by atoms with van der Waals surface area (Å²) in [6.07, 6.45) is 6.30. The number of nitrogens with one attached hydrogen (secondary N) is 1. The first-order valence-corrected chi connectivity index (χ1v) is 11.3. The summed E-state index contributed by atoms with van der Waals surface area (Å²) in [6.45, 7) is 3.10. The van der Waals surface area contributed by atoms with E-state index in [1.807, 2.05) is 16.2 Å². The highest BCUT2D eigenvalue weighted by Gasteiger charge is 2.23. The molecule has 0 aliphatic carbocycles. The number of ether oxygens (including phenoxy) is 1. The van der Waals surface area contributed by atoms with E-state index in [0.717, 1.165) is 75.9 Å². The van der Waals surface area contributed by atoms with Gasteiger partial charge in [-0.2, -0.15) is 0 Å². The largest absolute Gasteiger partial charge is 0.381 e. The summed E-state index contributed by atoms with van der Waals surface area (Å²) in [5, 5.41) is 3.33. The molecule has 160 valence electrons. The fourth-order valence-corrected chi connectivity index (χ4v) is 4.50. The number of hydrogen-bond acceptors (Lipinski definition) is 3. The second kappa shape index (κ2) is 10.1. The number of imidazole rings is 1. The molecule has 0 amide bonds. The van der Waals surface area contributed by atoms with Crippen molar-refractivity contribution in [3.05, 3.63) is 70.1 Å². The SMILES string of the molecule is CN[C@@H]1Cc2cccc3c2n(c(=O)n3CCCCOCCCCc2ccccc2)C1. The van der Waals surface area contributed by atoms with Crippen LogP contribution in [0.2, 0.25) is 0 Å². The Bertz CT molecular complexity index is 1010. The normalized spacial score (nSPS) is 15.7. The molecule has 1 N–H and O–H groups in total. The highest BCUT2D eigenvalue weighted by Crippen LogP contribution is 2.24. The zero-order valence-electron chi connectivity index (χ0n) is 18.0. The van der Waals surface area contributed by atoms with Crippen LogP contribution in [-0.2, 0) is 30.7 Å². The van der Waals surface area contributed by atoms with Crippen molar-refractivity contribution in [3.63, 3.8) is 0 Å². The third kappa shape index (κ3) is 4.68. The van der Waals surface area contributed by atoms with Crippen molar-refractivity contribution in [2.75, 3.05) is 20.3 Å². The molecule has 1 atom stereocenters. The van der Waals surface area contributed by atoms with Gasteiger partial charge in [0.2, 0.25) is 0 Å². The first kappa shape index (κ1) is 20.9. The summed E-state index contributed by atoms with van der Waals surface area (Å²) in [4.78, 5) is 13.0. The lowest BCUT2D eigenvalue weighted by atomic mass is 10.0. The molecule has 0 saturated heterocycles. The monoisotopic (exact) mass is 407 g/mol. The number of hydrogen-bond donors (Lipinski definition) is 1. The predicted octanol–water partition coefficient (Wildman–Crippen LogP) is 3.77. The van der Waals surface area contributed by atoms with E-state index >= 15 is 0 Å². The molecule has 1 aliphatic heterocycles. The van der Waals surface area contributed by atoms with Gasteiger partial charge in [-0.1, -0.05) is 42.5 Å². The predicted molar refractivity (Wildman–Crippen MR) is 122 cm³/mol. The van der Waals surface area contributed by atoms with Crippen molar-refractivity contribution >= 4 is 11.0 Å². The Morgan fingerprint density at radius 2 is 1.80 bits per heavy atom. The van der Waals surface area contributed by atoms with Crippen LogP contribution < -0.4 is 11.0 Å². The van der Waals surface area contributed by atoms with Gasteiger partial charge in [-0.3, -0.25) is 9.13 Å². The van der Waals surface area contributed by atoms with E-state index in [9.17, 15) is 4.79 Å². The molecule has 4 rings (SSSR count). The molecule has 0 saturated carbocycles. The third-order valence-corrected chi connectivity index (χ3v) is 6.17. The average Bonchev–Trinajstić information content (AvgIpc) is 3.06. The smallest absolute Gasteiger partial charge is 0.329 e. The Morgan fingerprint density at radius 3 is 2.60 bits per heavy atom. The van der Waals surface area contributed by atoms with E-state index in [0.29, 0.717) is 6.04 Å². The molecule has 0 spiro atoms. The summed E-state index contributed by atoms with van der Waals surface area (Å²) in [7, 11) is 1.97. The van der Waals surface area contributed by atoms with Crippen LogP contribution in [0.4, 0.5) is 0 Å². The highest BCUT2D eigenvalue weighted by molar-refractivity contribution is 5.80. The van der Waals surface area contributed by atoms with Crippen molar-refractivity contribution in [2.45, 2.75) is 57.7 Å². The minimum atomic E-state index is 0.124. The molecule has 2 aromatic carbocycles. The maximum atomic E-state index is 13.0. The van der Waals surface area contributed by atoms with E-state index < -0.39 is 0 Å². The summed E-state index contributed by atoms with van der Waals surface area (Å²) in [5.41, 5.74) is 5.00. The minimum Gasteiger partial charge on any atom is -0.381 e. The Hall–Kier alpha value is -2.37. The van der Waals surface area contributed by atoms with Gasteiger partial charge in [0, 0.05) is 32.3 Å². The number of rotatable bonds is 11. The van der Waals surface area contributed by atoms with Gasteiger partial charge in [-0.15, -0.1) is 0 Å². The molecule has 0 radical (unpaired) electrons. The van der Waals surface area contributed by atoms with Gasteiger partial charge in [0.15, 0.2) is 0 Å². The van der Waals surface area contributed by atoms with Crippen LogP contribution in [0, 0.1) is 0 Å². The number of aryl methyl sites for hydroxylation is 2. The molecular weight excluding hydrogens is 374 g/mol. The Morgan fingerprint density at radius 1 is 1.00 bits per heavy atom. The molecule has 1 aliphatic rings. The Balaban J connectivity index is 1.21. The lowest BCUT2D eigenvalue weighted by Crippen LogP contribution is -2.39. The summed E-state index contributed by atoms with van der Waals surface area (Å²) in [6, 6.07) is 17.3. The lowest BCUT2D eigenvalue weighted by Gasteiger charge is -2.22. The van der Waals surface area contributed by atoms with Crippen LogP contribution in [0.1, 0.15) is 36.8 Å². The van der Waals surface area contributed by atoms with Gasteiger partial charge in [0.1, 0.15) is 0 Å². The van der Waals surface area contributed by atoms with Crippen LogP contribution >= 0.6 is 0 Å². The van der Waals surface area contributed by atoms with Gasteiger partial charge in [-0.05, 0) is 62.8 Å². The van der Waals surface area contributed by atoms with E-state index in [1.54, 1.807) is 0 Å². The molecule has 2 heterocycles. The first-order chi connectivity index (χ1) is 14.8. The summed E-state index contributed by atoms with van der Waals surface area (Å²) in [5.74, 6) is 0. The highest BCUT2D eigenvalue weighted by atomic mass is 16.5. The van der Waals surface area contributed by atoms with Crippen molar-refractivity contribution in [3.8, 4) is 0 Å². The zero-order chi connectivity index (χ0) is 20.8. The van der Waals surface area contributed by atoms with Crippen molar-refractivity contribution in [2.24, 2.45) is 0 Å². The maximum absolute atomic E-state index is 13.0. The Labute approximate surface area is 178 Å². The number of benzene rings is 2. The van der Waals surface area contributed by atoms with Crippen molar-refractivity contribution in [1.82, 2.24) is 14.5 Å². The van der Waals surface area contributed by atoms with E-state index in [1.165, 1.54) is 11.1 Å². The molecule has 0 unspecified atom stereocenters. The number of nitrogens with zero attached hydrogens (tertiary/aromatic N) is 2. The van der Waals surface area contributed by atoms with Crippen LogP contribution in [0.15, 0.2) is 53.3 Å². The van der Waals surface area contributed by atoms with Crippen LogP contribution in [0.5, 0.6) is 0 Å². The number of para-hydroxylation sites is 1. The Kier molecular flexibility index (Phi) is 7.03. The standard InChI is InChI=1S/C25H33N3O2/c1-26-22-18-21-13-9-14-23-24(21)28(19-22)25(29)27(23)15-6-8-17-30-16-7-5-12-20-10-3-2-4-11-20/h2-4,9-11,13-14,22,26H,5-8,12,15-19H2,1H3/t22-/m1/s1. The van der Waals surface area contributed by atoms with Crippen LogP contribution in [0.25, 0.3) is 11.0 Å². The molecule has 5 nitrogen and oxygen atoms in total. The van der Waals surface area contributed by atoms with Gasteiger partial charge in [0.25, 0.3) is 0 Å². The van der Waals surface area contributed by atoms with Gasteiger partial charge in [-0.25, -0.2) is 4.79 Å². The molecule has 30 heavy (non-hydrogen) atoms. The van der Waals surface area contributed by atoms with E-state index in [4.69, 9.17) is 4.74 Å². The number of aromatic nitrogens is 2. The molecule has 0 bridgehead atoms. The lowest BCUT2D eigenvalue weighted by molar-refractivity contribution is 0.126. The zero-order valence-corrected chi connectivity index (χ0v) is 18.0. The van der Waals surface area contributed by atoms with Gasteiger partial charge >= 0.3 is 5.69 Å². The molecule has 5 heteroatoms. The second-order valence-electron chi connectivity index (χ2n) is 8.28. The van der Waals surface area contributed by atoms with Gasteiger partial charge in [0.05, 0.1) is 11.0 Å².